The maximum atomic E-state index is 13.2. The van der Waals surface area contributed by atoms with E-state index in [0.717, 1.165) is 13.0 Å². The molecule has 0 bridgehead atoms. The number of carbonyl (C=O) groups excluding carboxylic acids is 1. The lowest BCUT2D eigenvalue weighted by atomic mass is 10.1. The van der Waals surface area contributed by atoms with Crippen molar-refractivity contribution < 1.29 is 9.18 Å². The minimum Gasteiger partial charge on any atom is -0.342 e. The lowest BCUT2D eigenvalue weighted by molar-refractivity contribution is 0.0936. The quantitative estimate of drug-likeness (QED) is 0.723. The molecule has 142 valence electrons. The Labute approximate surface area is 157 Å². The molecule has 2 aromatic heterocycles. The molecule has 1 N–H and O–H groups in total. The molecule has 0 fully saturated rings. The van der Waals surface area contributed by atoms with Gasteiger partial charge < -0.3 is 5.32 Å². The van der Waals surface area contributed by atoms with Gasteiger partial charge in [-0.05, 0) is 51.5 Å². The van der Waals surface area contributed by atoms with Crippen LogP contribution in [0.25, 0.3) is 5.69 Å². The molecule has 0 aliphatic heterocycles. The average molecular weight is 370 g/mol. The summed E-state index contributed by atoms with van der Waals surface area (Å²) >= 11 is 0. The summed E-state index contributed by atoms with van der Waals surface area (Å²) in [5.74, 6) is 0.173. The van der Waals surface area contributed by atoms with Crippen LogP contribution in [-0.2, 0) is 6.54 Å². The predicted octanol–water partition coefficient (Wildman–Crippen LogP) is 3.12. The van der Waals surface area contributed by atoms with E-state index in [4.69, 9.17) is 0 Å². The van der Waals surface area contributed by atoms with E-state index in [2.05, 4.69) is 27.4 Å². The molecule has 1 unspecified atom stereocenters. The third-order valence-electron chi connectivity index (χ3n) is 4.41. The van der Waals surface area contributed by atoms with Crippen LogP contribution in [-0.4, -0.2) is 30.5 Å². The number of halogens is 1. The molecule has 0 spiro atoms. The van der Waals surface area contributed by atoms with Crippen molar-refractivity contribution in [2.24, 2.45) is 0 Å². The molecule has 0 aliphatic rings. The first-order chi connectivity index (χ1) is 12.9. The summed E-state index contributed by atoms with van der Waals surface area (Å²) in [6.07, 6.45) is 2.43. The summed E-state index contributed by atoms with van der Waals surface area (Å²) in [4.78, 5) is 17.1. The van der Waals surface area contributed by atoms with Gasteiger partial charge in [-0.15, -0.1) is 0 Å². The molecule has 1 atom stereocenters. The van der Waals surface area contributed by atoms with Gasteiger partial charge in [-0.2, -0.15) is 10.2 Å². The van der Waals surface area contributed by atoms with E-state index in [0.29, 0.717) is 28.5 Å². The van der Waals surface area contributed by atoms with E-state index in [9.17, 15) is 9.18 Å². The molecule has 3 rings (SSSR count). The molecule has 27 heavy (non-hydrogen) atoms. The van der Waals surface area contributed by atoms with Crippen LogP contribution in [0.4, 0.5) is 4.39 Å². The second kappa shape index (κ2) is 7.69. The molecule has 1 amide bonds. The first kappa shape index (κ1) is 18.8. The van der Waals surface area contributed by atoms with Gasteiger partial charge in [0.25, 0.3) is 5.91 Å². The van der Waals surface area contributed by atoms with Gasteiger partial charge in [0.2, 0.25) is 0 Å². The Morgan fingerprint density at radius 1 is 1.26 bits per heavy atom. The van der Waals surface area contributed by atoms with E-state index in [1.165, 1.54) is 18.5 Å². The number of nitrogens with zero attached hydrogens (tertiary/aromatic N) is 5. The Morgan fingerprint density at radius 2 is 1.96 bits per heavy atom. The van der Waals surface area contributed by atoms with Crippen LogP contribution in [0.15, 0.2) is 30.6 Å². The minimum absolute atomic E-state index is 0.225. The van der Waals surface area contributed by atoms with E-state index in [-0.39, 0.29) is 17.8 Å². The summed E-state index contributed by atoms with van der Waals surface area (Å²) in [5, 5.41) is 11.6. The number of aromatic nitrogens is 5. The highest BCUT2D eigenvalue weighted by molar-refractivity contribution is 5.96. The van der Waals surface area contributed by atoms with E-state index in [1.54, 1.807) is 28.4 Å². The fraction of sp³-hybridized carbons (Fsp3) is 0.368. The highest BCUT2D eigenvalue weighted by Crippen LogP contribution is 2.19. The lowest BCUT2D eigenvalue weighted by Crippen LogP contribution is -2.29. The van der Waals surface area contributed by atoms with E-state index >= 15 is 0 Å². The Hall–Kier alpha value is -3.03. The molecular formula is C19H23FN6O. The fourth-order valence-electron chi connectivity index (χ4n) is 3.13. The van der Waals surface area contributed by atoms with Gasteiger partial charge in [-0.1, -0.05) is 6.92 Å². The van der Waals surface area contributed by atoms with Crippen molar-refractivity contribution in [3.63, 3.8) is 0 Å². The number of amides is 1. The maximum absolute atomic E-state index is 13.2. The number of rotatable bonds is 6. The van der Waals surface area contributed by atoms with Crippen LogP contribution >= 0.6 is 0 Å². The fourth-order valence-corrected chi connectivity index (χ4v) is 3.13. The van der Waals surface area contributed by atoms with Gasteiger partial charge in [0.1, 0.15) is 18.0 Å². The first-order valence-corrected chi connectivity index (χ1v) is 8.93. The largest absolute Gasteiger partial charge is 0.342 e. The number of hydrogen-bond donors (Lipinski definition) is 1. The zero-order chi connectivity index (χ0) is 19.6. The van der Waals surface area contributed by atoms with Crippen LogP contribution in [0.5, 0.6) is 0 Å². The number of carbonyl (C=O) groups is 1. The van der Waals surface area contributed by atoms with E-state index < -0.39 is 0 Å². The highest BCUT2D eigenvalue weighted by atomic mass is 19.1. The Bertz CT molecular complexity index is 944. The third-order valence-corrected chi connectivity index (χ3v) is 4.41. The van der Waals surface area contributed by atoms with Crippen LogP contribution < -0.4 is 5.32 Å². The number of benzene rings is 1. The number of aryl methyl sites for hydroxylation is 2. The van der Waals surface area contributed by atoms with Gasteiger partial charge in [-0.3, -0.25) is 4.79 Å². The van der Waals surface area contributed by atoms with Crippen LogP contribution in [0.2, 0.25) is 0 Å². The summed E-state index contributed by atoms with van der Waals surface area (Å²) in [5.41, 5.74) is 2.51. The second-order valence-electron chi connectivity index (χ2n) is 6.47. The SMILES string of the molecule is CCCn1ncnc1C(C)NC(=O)c1c(C)nn(-c2ccc(F)cc2)c1C. The summed E-state index contributed by atoms with van der Waals surface area (Å²) < 4.78 is 16.6. The second-order valence-corrected chi connectivity index (χ2v) is 6.47. The average Bonchev–Trinajstić information content (AvgIpc) is 3.20. The van der Waals surface area contributed by atoms with Gasteiger partial charge in [0.15, 0.2) is 0 Å². The molecular weight excluding hydrogens is 347 g/mol. The maximum Gasteiger partial charge on any atom is 0.255 e. The summed E-state index contributed by atoms with van der Waals surface area (Å²) in [6, 6.07) is 5.71. The van der Waals surface area contributed by atoms with Crippen molar-refractivity contribution in [3.8, 4) is 5.69 Å². The van der Waals surface area contributed by atoms with Gasteiger partial charge >= 0.3 is 0 Å². The predicted molar refractivity (Wildman–Crippen MR) is 99.2 cm³/mol. The monoisotopic (exact) mass is 370 g/mol. The van der Waals surface area contributed by atoms with Crippen LogP contribution in [0.3, 0.4) is 0 Å². The molecule has 8 heteroatoms. The van der Waals surface area contributed by atoms with Crippen molar-refractivity contribution in [1.82, 2.24) is 29.9 Å². The van der Waals surface area contributed by atoms with Crippen LogP contribution in [0.1, 0.15) is 53.9 Å². The van der Waals surface area contributed by atoms with Crippen molar-refractivity contribution >= 4 is 5.91 Å². The smallest absolute Gasteiger partial charge is 0.255 e. The van der Waals surface area contributed by atoms with Gasteiger partial charge in [0, 0.05) is 6.54 Å². The Morgan fingerprint density at radius 3 is 2.63 bits per heavy atom. The lowest BCUT2D eigenvalue weighted by Gasteiger charge is -2.14. The minimum atomic E-state index is -0.316. The first-order valence-electron chi connectivity index (χ1n) is 8.93. The molecule has 7 nitrogen and oxygen atoms in total. The summed E-state index contributed by atoms with van der Waals surface area (Å²) in [7, 11) is 0. The van der Waals surface area contributed by atoms with Crippen molar-refractivity contribution in [1.29, 1.82) is 0 Å². The molecule has 3 aromatic rings. The molecule has 0 aliphatic carbocycles. The van der Waals surface area contributed by atoms with Crippen molar-refractivity contribution in [2.75, 3.05) is 0 Å². The standard InChI is InChI=1S/C19H23FN6O/c1-5-10-25-18(21-11-22-25)13(3)23-19(27)17-12(2)24-26(14(17)4)16-8-6-15(20)7-9-16/h6-9,11,13H,5,10H2,1-4H3,(H,23,27). The topological polar surface area (TPSA) is 77.6 Å². The highest BCUT2D eigenvalue weighted by Gasteiger charge is 2.23. The van der Waals surface area contributed by atoms with Crippen molar-refractivity contribution in [3.05, 3.63) is 59.2 Å². The molecule has 2 heterocycles. The van der Waals surface area contributed by atoms with Crippen LogP contribution in [0, 0.1) is 19.7 Å². The number of hydrogen-bond acceptors (Lipinski definition) is 4. The zero-order valence-corrected chi connectivity index (χ0v) is 15.9. The zero-order valence-electron chi connectivity index (χ0n) is 15.9. The van der Waals surface area contributed by atoms with E-state index in [1.807, 2.05) is 13.8 Å². The van der Waals surface area contributed by atoms with Gasteiger partial charge in [0.05, 0.1) is 28.7 Å². The normalized spacial score (nSPS) is 12.2. The molecule has 0 saturated carbocycles. The Kier molecular flexibility index (Phi) is 5.34. The molecule has 0 radical (unpaired) electrons. The molecule has 0 saturated heterocycles. The summed E-state index contributed by atoms with van der Waals surface area (Å²) in [6.45, 7) is 8.29. The van der Waals surface area contributed by atoms with Gasteiger partial charge in [-0.25, -0.2) is 18.7 Å². The molecule has 1 aromatic carbocycles. The Balaban J connectivity index is 1.84. The third kappa shape index (κ3) is 3.74. The van der Waals surface area contributed by atoms with Crippen molar-refractivity contribution in [2.45, 2.75) is 46.7 Å². The number of nitrogens with one attached hydrogen (secondary N) is 1.